The number of anilines is 3. The molecule has 0 radical (unpaired) electrons. The van der Waals surface area contributed by atoms with Gasteiger partial charge in [-0.25, -0.2) is 0 Å². The van der Waals surface area contributed by atoms with Crippen molar-refractivity contribution in [3.8, 4) is 11.1 Å². The molecular weight excluding hydrogens is 543 g/mol. The molecule has 9 rings (SSSR count). The summed E-state index contributed by atoms with van der Waals surface area (Å²) in [6.07, 6.45) is 0. The number of nitrogens with zero attached hydrogens (tertiary/aromatic N) is 1. The summed E-state index contributed by atoms with van der Waals surface area (Å²) in [5, 5.41) is 7.27. The van der Waals surface area contributed by atoms with E-state index in [0.717, 1.165) is 33.3 Å². The number of hydrogen-bond donors (Lipinski definition) is 0. The molecule has 2 aromatic heterocycles. The maximum Gasteiger partial charge on any atom is 0.135 e. The molecule has 0 saturated heterocycles. The summed E-state index contributed by atoms with van der Waals surface area (Å²) in [7, 11) is 0. The van der Waals surface area contributed by atoms with E-state index in [4.69, 9.17) is 4.42 Å². The summed E-state index contributed by atoms with van der Waals surface area (Å²) in [5.74, 6) is 0. The molecule has 43 heavy (non-hydrogen) atoms. The lowest BCUT2D eigenvalue weighted by molar-refractivity contribution is 0.669. The average molecular weight is 568 g/mol. The Morgan fingerprint density at radius 1 is 0.442 bits per heavy atom. The summed E-state index contributed by atoms with van der Waals surface area (Å²) in [6.45, 7) is 0. The van der Waals surface area contributed by atoms with Gasteiger partial charge in [0.05, 0.1) is 10.4 Å². The summed E-state index contributed by atoms with van der Waals surface area (Å²) < 4.78 is 8.77. The van der Waals surface area contributed by atoms with Crippen molar-refractivity contribution < 1.29 is 4.42 Å². The van der Waals surface area contributed by atoms with Gasteiger partial charge in [-0.05, 0) is 76.5 Å². The molecule has 0 atom stereocenters. The van der Waals surface area contributed by atoms with Crippen molar-refractivity contribution in [2.75, 3.05) is 4.90 Å². The molecule has 0 N–H and O–H groups in total. The average Bonchev–Trinajstić information content (AvgIpc) is 3.64. The smallest absolute Gasteiger partial charge is 0.135 e. The highest BCUT2D eigenvalue weighted by atomic mass is 32.1. The van der Waals surface area contributed by atoms with Crippen LogP contribution in [0.2, 0.25) is 0 Å². The number of furan rings is 1. The molecule has 9 aromatic rings. The Morgan fingerprint density at radius 2 is 1.14 bits per heavy atom. The van der Waals surface area contributed by atoms with Gasteiger partial charge >= 0.3 is 0 Å². The SMILES string of the molecule is c1ccc(-c2ccc3cc(N(c4ccc5oc6ccccc6c5c4)c4cccc5c4sc4ccccc45)ccc3c2)cc1. The largest absolute Gasteiger partial charge is 0.456 e. The summed E-state index contributed by atoms with van der Waals surface area (Å²) in [4.78, 5) is 2.41. The fourth-order valence-corrected chi connectivity index (χ4v) is 7.58. The minimum absolute atomic E-state index is 0.900. The van der Waals surface area contributed by atoms with E-state index < -0.39 is 0 Å². The molecule has 0 aliphatic heterocycles. The minimum atomic E-state index is 0.900. The molecule has 3 heteroatoms. The number of thiophene rings is 1. The third-order valence-electron chi connectivity index (χ3n) is 8.43. The van der Waals surface area contributed by atoms with Gasteiger partial charge in [-0.3, -0.25) is 0 Å². The van der Waals surface area contributed by atoms with E-state index in [-0.39, 0.29) is 0 Å². The molecule has 7 aromatic carbocycles. The third-order valence-corrected chi connectivity index (χ3v) is 9.64. The van der Waals surface area contributed by atoms with E-state index in [0.29, 0.717) is 0 Å². The van der Waals surface area contributed by atoms with Crippen LogP contribution in [-0.2, 0) is 0 Å². The van der Waals surface area contributed by atoms with Gasteiger partial charge in [-0.1, -0.05) is 97.1 Å². The van der Waals surface area contributed by atoms with Crippen molar-refractivity contribution in [3.63, 3.8) is 0 Å². The van der Waals surface area contributed by atoms with E-state index >= 15 is 0 Å². The Morgan fingerprint density at radius 3 is 2.07 bits per heavy atom. The predicted molar refractivity (Wildman–Crippen MR) is 184 cm³/mol. The molecule has 202 valence electrons. The van der Waals surface area contributed by atoms with Crippen molar-refractivity contribution in [2.24, 2.45) is 0 Å². The van der Waals surface area contributed by atoms with Gasteiger partial charge in [0.15, 0.2) is 0 Å². The van der Waals surface area contributed by atoms with Crippen LogP contribution in [0.4, 0.5) is 17.1 Å². The quantitative estimate of drug-likeness (QED) is 0.210. The van der Waals surface area contributed by atoms with Gasteiger partial charge in [0.2, 0.25) is 0 Å². The summed E-state index contributed by atoms with van der Waals surface area (Å²) in [5.41, 5.74) is 7.66. The summed E-state index contributed by atoms with van der Waals surface area (Å²) in [6, 6.07) is 54.4. The Kier molecular flexibility index (Phi) is 5.40. The van der Waals surface area contributed by atoms with Gasteiger partial charge in [-0.2, -0.15) is 0 Å². The Labute approximate surface area is 252 Å². The second kappa shape index (κ2) is 9.59. The van der Waals surface area contributed by atoms with Gasteiger partial charge in [0, 0.05) is 37.6 Å². The van der Waals surface area contributed by atoms with Gasteiger partial charge in [0.1, 0.15) is 11.2 Å². The number of benzene rings is 7. The number of hydrogen-bond acceptors (Lipinski definition) is 3. The molecule has 0 aliphatic carbocycles. The topological polar surface area (TPSA) is 16.4 Å². The Bertz CT molecular complexity index is 2470. The maximum atomic E-state index is 6.20. The summed E-state index contributed by atoms with van der Waals surface area (Å²) >= 11 is 1.86. The molecule has 0 aliphatic rings. The minimum Gasteiger partial charge on any atom is -0.456 e. The Hall–Kier alpha value is -5.38. The van der Waals surface area contributed by atoms with Crippen molar-refractivity contribution in [3.05, 3.63) is 152 Å². The fourth-order valence-electron chi connectivity index (χ4n) is 6.37. The number of para-hydroxylation sites is 1. The second-order valence-electron chi connectivity index (χ2n) is 11.0. The lowest BCUT2D eigenvalue weighted by atomic mass is 10.0. The first-order chi connectivity index (χ1) is 21.3. The van der Waals surface area contributed by atoms with Crippen LogP contribution in [0.5, 0.6) is 0 Å². The van der Waals surface area contributed by atoms with Crippen molar-refractivity contribution >= 4 is 81.3 Å². The first kappa shape index (κ1) is 24.2. The van der Waals surface area contributed by atoms with Gasteiger partial charge in [0.25, 0.3) is 0 Å². The zero-order chi connectivity index (χ0) is 28.3. The van der Waals surface area contributed by atoms with Crippen LogP contribution in [0.15, 0.2) is 156 Å². The lowest BCUT2D eigenvalue weighted by Crippen LogP contribution is -2.10. The van der Waals surface area contributed by atoms with Crippen LogP contribution >= 0.6 is 11.3 Å². The van der Waals surface area contributed by atoms with E-state index in [9.17, 15) is 0 Å². The molecular formula is C40H25NOS. The third kappa shape index (κ3) is 3.93. The molecule has 2 heterocycles. The second-order valence-corrected chi connectivity index (χ2v) is 12.0. The molecule has 0 spiro atoms. The molecule has 0 saturated carbocycles. The van der Waals surface area contributed by atoms with Crippen molar-refractivity contribution in [1.29, 1.82) is 0 Å². The van der Waals surface area contributed by atoms with Crippen LogP contribution < -0.4 is 4.90 Å². The zero-order valence-corrected chi connectivity index (χ0v) is 24.0. The molecule has 0 unspecified atom stereocenters. The predicted octanol–water partition coefficient (Wildman–Crippen LogP) is 12.2. The highest BCUT2D eigenvalue weighted by Crippen LogP contribution is 2.46. The number of fused-ring (bicyclic) bond motifs is 7. The first-order valence-electron chi connectivity index (χ1n) is 14.5. The highest BCUT2D eigenvalue weighted by Gasteiger charge is 2.20. The Balaban J connectivity index is 1.28. The number of rotatable bonds is 4. The van der Waals surface area contributed by atoms with E-state index in [1.165, 1.54) is 47.8 Å². The zero-order valence-electron chi connectivity index (χ0n) is 23.2. The fraction of sp³-hybridized carbons (Fsp3) is 0. The van der Waals surface area contributed by atoms with Crippen LogP contribution in [-0.4, -0.2) is 0 Å². The standard InChI is InChI=1S/C40H25NOS/c1-2-9-26(10-3-1)27-17-18-29-24-30(20-19-28(29)23-27)41(31-21-22-38-35(25-31)32-11-4-6-15-37(32)42-38)36-14-8-13-34-33-12-5-7-16-39(33)43-40(34)36/h1-25H. The van der Waals surface area contributed by atoms with Gasteiger partial charge < -0.3 is 9.32 Å². The van der Waals surface area contributed by atoms with E-state index in [1.807, 2.05) is 23.5 Å². The molecule has 0 bridgehead atoms. The van der Waals surface area contributed by atoms with Crippen molar-refractivity contribution in [1.82, 2.24) is 0 Å². The van der Waals surface area contributed by atoms with Crippen LogP contribution in [0.3, 0.4) is 0 Å². The van der Waals surface area contributed by atoms with Crippen LogP contribution in [0, 0.1) is 0 Å². The van der Waals surface area contributed by atoms with E-state index in [1.54, 1.807) is 0 Å². The van der Waals surface area contributed by atoms with Crippen LogP contribution in [0.25, 0.3) is 64.0 Å². The highest BCUT2D eigenvalue weighted by molar-refractivity contribution is 7.26. The maximum absolute atomic E-state index is 6.20. The normalized spacial score (nSPS) is 11.7. The van der Waals surface area contributed by atoms with Crippen LogP contribution in [0.1, 0.15) is 0 Å². The van der Waals surface area contributed by atoms with Gasteiger partial charge in [-0.15, -0.1) is 11.3 Å². The molecule has 2 nitrogen and oxygen atoms in total. The van der Waals surface area contributed by atoms with E-state index in [2.05, 4.69) is 144 Å². The molecule has 0 fully saturated rings. The lowest BCUT2D eigenvalue weighted by Gasteiger charge is -2.26. The van der Waals surface area contributed by atoms with Crippen molar-refractivity contribution in [2.45, 2.75) is 0 Å². The first-order valence-corrected chi connectivity index (χ1v) is 15.3. The monoisotopic (exact) mass is 567 g/mol. The molecule has 0 amide bonds.